The third-order valence-corrected chi connectivity index (χ3v) is 4.04. The number of carboxylic acids is 1. The van der Waals surface area contributed by atoms with Gasteiger partial charge < -0.3 is 35.4 Å². The molecule has 0 aliphatic carbocycles. The number of aliphatic carboxylic acids is 1. The summed E-state index contributed by atoms with van der Waals surface area (Å²) in [7, 11) is 0. The average Bonchev–Trinajstić information content (AvgIpc) is 2.38. The summed E-state index contributed by atoms with van der Waals surface area (Å²) in [5.41, 5.74) is -2.78. The number of carboxylic acid groups (broad SMARTS) is 1. The van der Waals surface area contributed by atoms with E-state index in [4.69, 9.17) is 9.84 Å². The maximum Gasteiger partial charge on any atom is 0.336 e. The Bertz CT molecular complexity index is 379. The largest absolute Gasteiger partial charge is 0.479 e. The number of aliphatic hydroxyl groups is 5. The number of ether oxygens (including phenoxy) is 1. The van der Waals surface area contributed by atoms with Crippen LogP contribution < -0.4 is 0 Å². The third-order valence-electron chi connectivity index (χ3n) is 4.04. The highest BCUT2D eigenvalue weighted by atomic mass is 16.6. The molecule has 0 saturated carbocycles. The average molecular weight is 308 g/mol. The Morgan fingerprint density at radius 2 is 1.86 bits per heavy atom. The second kappa shape index (κ2) is 6.15. The van der Waals surface area contributed by atoms with Gasteiger partial charge in [0.05, 0.1) is 12.7 Å². The highest BCUT2D eigenvalue weighted by molar-refractivity contribution is 5.79. The van der Waals surface area contributed by atoms with Crippen molar-refractivity contribution in [2.45, 2.75) is 63.3 Å². The molecule has 1 saturated heterocycles. The third kappa shape index (κ3) is 3.20. The predicted octanol–water partition coefficient (Wildman–Crippen LogP) is -1.92. The van der Waals surface area contributed by atoms with Crippen LogP contribution in [0.3, 0.4) is 0 Å². The fourth-order valence-corrected chi connectivity index (χ4v) is 2.52. The van der Waals surface area contributed by atoms with Crippen molar-refractivity contribution < 1.29 is 40.2 Å². The Balaban J connectivity index is 3.20. The predicted molar refractivity (Wildman–Crippen MR) is 70.4 cm³/mol. The molecule has 8 nitrogen and oxygen atoms in total. The Morgan fingerprint density at radius 1 is 1.33 bits per heavy atom. The van der Waals surface area contributed by atoms with Crippen molar-refractivity contribution >= 4 is 5.97 Å². The smallest absolute Gasteiger partial charge is 0.336 e. The number of aliphatic hydroxyl groups excluding tert-OH is 5. The molecule has 0 spiro atoms. The molecule has 6 atom stereocenters. The second-order valence-corrected chi connectivity index (χ2v) is 6.47. The van der Waals surface area contributed by atoms with Gasteiger partial charge in [0.25, 0.3) is 0 Å². The molecular formula is C13H24O8. The van der Waals surface area contributed by atoms with Crippen LogP contribution in [0.1, 0.15) is 27.2 Å². The van der Waals surface area contributed by atoms with Crippen LogP contribution in [0.2, 0.25) is 0 Å². The minimum Gasteiger partial charge on any atom is -0.479 e. The monoisotopic (exact) mass is 308 g/mol. The van der Waals surface area contributed by atoms with E-state index in [-0.39, 0.29) is 6.42 Å². The molecule has 0 amide bonds. The number of hydrogen-bond donors (Lipinski definition) is 6. The fourth-order valence-electron chi connectivity index (χ4n) is 2.52. The quantitative estimate of drug-likeness (QED) is 0.352. The first-order chi connectivity index (χ1) is 9.48. The lowest BCUT2D eigenvalue weighted by atomic mass is 9.70. The van der Waals surface area contributed by atoms with Crippen LogP contribution in [0.5, 0.6) is 0 Å². The van der Waals surface area contributed by atoms with E-state index in [1.165, 1.54) is 0 Å². The molecule has 1 unspecified atom stereocenters. The standard InChI is InChI=1S/C13H24O8/c1-12(2,3)13(11(19)20)4-6(15)8(17)10(21-13)9(18)7(16)5-14/h6-10,14-18H,4-5H2,1-3H3,(H,19,20)/t6-,7-,8-,9-,10?,13-/m1/s1. The van der Waals surface area contributed by atoms with E-state index in [1.54, 1.807) is 20.8 Å². The van der Waals surface area contributed by atoms with E-state index in [1.807, 2.05) is 0 Å². The zero-order valence-corrected chi connectivity index (χ0v) is 12.3. The molecule has 0 aromatic carbocycles. The Labute approximate surface area is 122 Å². The van der Waals surface area contributed by atoms with Crippen molar-refractivity contribution in [3.05, 3.63) is 0 Å². The van der Waals surface area contributed by atoms with E-state index >= 15 is 0 Å². The van der Waals surface area contributed by atoms with Crippen molar-refractivity contribution in [1.29, 1.82) is 0 Å². The van der Waals surface area contributed by atoms with Crippen molar-refractivity contribution in [1.82, 2.24) is 0 Å². The summed E-state index contributed by atoms with van der Waals surface area (Å²) in [5, 5.41) is 57.6. The first-order valence-corrected chi connectivity index (χ1v) is 6.72. The maximum atomic E-state index is 11.7. The molecule has 1 fully saturated rings. The molecule has 21 heavy (non-hydrogen) atoms. The molecule has 1 aliphatic heterocycles. The topological polar surface area (TPSA) is 148 Å². The van der Waals surface area contributed by atoms with Gasteiger partial charge >= 0.3 is 5.97 Å². The molecule has 8 heteroatoms. The lowest BCUT2D eigenvalue weighted by Crippen LogP contribution is -2.66. The van der Waals surface area contributed by atoms with Gasteiger partial charge in [-0.2, -0.15) is 0 Å². The van der Waals surface area contributed by atoms with Crippen LogP contribution in [0.4, 0.5) is 0 Å². The molecule has 0 bridgehead atoms. The van der Waals surface area contributed by atoms with Crippen molar-refractivity contribution in [2.75, 3.05) is 6.61 Å². The summed E-state index contributed by atoms with van der Waals surface area (Å²) >= 11 is 0. The Morgan fingerprint density at radius 3 is 2.24 bits per heavy atom. The van der Waals surface area contributed by atoms with Gasteiger partial charge in [-0.3, -0.25) is 0 Å². The second-order valence-electron chi connectivity index (χ2n) is 6.47. The van der Waals surface area contributed by atoms with Gasteiger partial charge in [0, 0.05) is 11.8 Å². The summed E-state index contributed by atoms with van der Waals surface area (Å²) in [5.74, 6) is -1.34. The SMILES string of the molecule is CC(C)(C)[C@]1(C(=O)O)C[C@@H](O)[C@@H](O)C([C@H](O)[C@H](O)CO)O1. The van der Waals surface area contributed by atoms with Gasteiger partial charge in [-0.05, 0) is 0 Å². The lowest BCUT2D eigenvalue weighted by Gasteiger charge is -2.50. The van der Waals surface area contributed by atoms with Crippen molar-refractivity contribution in [3.8, 4) is 0 Å². The van der Waals surface area contributed by atoms with Crippen LogP contribution in [-0.2, 0) is 9.53 Å². The number of rotatable bonds is 4. The van der Waals surface area contributed by atoms with E-state index in [9.17, 15) is 30.3 Å². The van der Waals surface area contributed by atoms with Gasteiger partial charge in [0.15, 0.2) is 5.60 Å². The van der Waals surface area contributed by atoms with Gasteiger partial charge in [-0.15, -0.1) is 0 Å². The van der Waals surface area contributed by atoms with Crippen LogP contribution in [0.25, 0.3) is 0 Å². The normalized spacial score (nSPS) is 37.0. The number of hydrogen-bond acceptors (Lipinski definition) is 7. The molecular weight excluding hydrogens is 284 g/mol. The zero-order valence-electron chi connectivity index (χ0n) is 12.3. The van der Waals surface area contributed by atoms with E-state index in [0.29, 0.717) is 0 Å². The minimum atomic E-state index is -1.84. The molecule has 1 heterocycles. The van der Waals surface area contributed by atoms with E-state index in [2.05, 4.69) is 0 Å². The zero-order chi connectivity index (χ0) is 16.6. The van der Waals surface area contributed by atoms with Gasteiger partial charge in [0.1, 0.15) is 24.4 Å². The summed E-state index contributed by atoms with van der Waals surface area (Å²) < 4.78 is 5.44. The highest BCUT2D eigenvalue weighted by Gasteiger charge is 2.59. The van der Waals surface area contributed by atoms with E-state index in [0.717, 1.165) is 0 Å². The number of carbonyl (C=O) groups is 1. The fraction of sp³-hybridized carbons (Fsp3) is 0.923. The molecule has 6 N–H and O–H groups in total. The van der Waals surface area contributed by atoms with Gasteiger partial charge in [-0.1, -0.05) is 20.8 Å². The maximum absolute atomic E-state index is 11.7. The first-order valence-electron chi connectivity index (χ1n) is 6.72. The van der Waals surface area contributed by atoms with Crippen LogP contribution in [0.15, 0.2) is 0 Å². The highest BCUT2D eigenvalue weighted by Crippen LogP contribution is 2.43. The summed E-state index contributed by atoms with van der Waals surface area (Å²) in [6, 6.07) is 0. The van der Waals surface area contributed by atoms with E-state index < -0.39 is 54.1 Å². The molecule has 1 aliphatic rings. The molecule has 0 aromatic heterocycles. The minimum absolute atomic E-state index is 0.356. The van der Waals surface area contributed by atoms with Crippen LogP contribution in [0, 0.1) is 5.41 Å². The molecule has 124 valence electrons. The molecule has 0 radical (unpaired) electrons. The van der Waals surface area contributed by atoms with Crippen molar-refractivity contribution in [3.63, 3.8) is 0 Å². The Kier molecular flexibility index (Phi) is 5.36. The Hall–Kier alpha value is -0.770. The van der Waals surface area contributed by atoms with Gasteiger partial charge in [-0.25, -0.2) is 4.79 Å². The van der Waals surface area contributed by atoms with Crippen molar-refractivity contribution in [2.24, 2.45) is 5.41 Å². The lowest BCUT2D eigenvalue weighted by molar-refractivity contribution is -0.275. The molecule has 0 aromatic rings. The van der Waals surface area contributed by atoms with Crippen LogP contribution in [-0.4, -0.2) is 79.3 Å². The van der Waals surface area contributed by atoms with Gasteiger partial charge in [0.2, 0.25) is 0 Å². The summed E-state index contributed by atoms with van der Waals surface area (Å²) in [6.07, 6.45) is -8.27. The van der Waals surface area contributed by atoms with Crippen LogP contribution >= 0.6 is 0 Å². The molecule has 1 rings (SSSR count). The summed E-state index contributed by atoms with van der Waals surface area (Å²) in [6.45, 7) is 3.99. The first kappa shape index (κ1) is 18.3. The summed E-state index contributed by atoms with van der Waals surface area (Å²) in [4.78, 5) is 11.7.